The summed E-state index contributed by atoms with van der Waals surface area (Å²) in [6.45, 7) is 5.19. The monoisotopic (exact) mass is 198 g/mol. The van der Waals surface area contributed by atoms with Crippen LogP contribution in [0.1, 0.15) is 27.2 Å². The molecule has 0 N–H and O–H groups in total. The van der Waals surface area contributed by atoms with Gasteiger partial charge < -0.3 is 0 Å². The van der Waals surface area contributed by atoms with Crippen LogP contribution in [-0.2, 0) is 23.8 Å². The van der Waals surface area contributed by atoms with E-state index in [1.54, 1.807) is 20.8 Å². The molecule has 0 amide bonds. The van der Waals surface area contributed by atoms with E-state index in [0.717, 1.165) is 0 Å². The normalized spacial score (nSPS) is 12.3. The van der Waals surface area contributed by atoms with Gasteiger partial charge in [-0.1, -0.05) is 11.3 Å². The van der Waals surface area contributed by atoms with Crippen LogP contribution in [0.3, 0.4) is 0 Å². The van der Waals surface area contributed by atoms with Crippen LogP contribution in [-0.4, -0.2) is 21.1 Å². The van der Waals surface area contributed by atoms with Crippen LogP contribution in [0.5, 0.6) is 0 Å². The standard InChI is InChI=1S/C6H14O5S/c1-4-5-9-12(7,8)11-10-6(2)3/h6H,4-5H2,1-3H3. The second-order valence-corrected chi connectivity index (χ2v) is 3.63. The molecule has 6 heteroatoms. The fourth-order valence-electron chi connectivity index (χ4n) is 0.332. The first-order chi connectivity index (χ1) is 5.48. The van der Waals surface area contributed by atoms with E-state index in [9.17, 15) is 8.42 Å². The summed E-state index contributed by atoms with van der Waals surface area (Å²) in [5.74, 6) is 0. The van der Waals surface area contributed by atoms with Gasteiger partial charge in [0.2, 0.25) is 0 Å². The molecule has 5 nitrogen and oxygen atoms in total. The van der Waals surface area contributed by atoms with Gasteiger partial charge in [0, 0.05) is 0 Å². The van der Waals surface area contributed by atoms with Crippen LogP contribution in [0.2, 0.25) is 0 Å². The molecule has 0 unspecified atom stereocenters. The largest absolute Gasteiger partial charge is 0.426 e. The van der Waals surface area contributed by atoms with Gasteiger partial charge in [0.25, 0.3) is 0 Å². The van der Waals surface area contributed by atoms with E-state index in [4.69, 9.17) is 0 Å². The van der Waals surface area contributed by atoms with Gasteiger partial charge in [0.1, 0.15) is 0 Å². The summed E-state index contributed by atoms with van der Waals surface area (Å²) < 4.78 is 29.8. The molecular weight excluding hydrogens is 184 g/mol. The molecule has 0 aromatic rings. The summed E-state index contributed by atoms with van der Waals surface area (Å²) in [4.78, 5) is 4.39. The van der Waals surface area contributed by atoms with E-state index >= 15 is 0 Å². The molecule has 0 heterocycles. The molecule has 0 aliphatic carbocycles. The summed E-state index contributed by atoms with van der Waals surface area (Å²) in [5.41, 5.74) is 0. The van der Waals surface area contributed by atoms with E-state index in [-0.39, 0.29) is 12.7 Å². The minimum atomic E-state index is -3.96. The molecule has 0 radical (unpaired) electrons. The van der Waals surface area contributed by atoms with Crippen molar-refractivity contribution in [2.24, 2.45) is 0 Å². The zero-order chi connectivity index (χ0) is 9.61. The van der Waals surface area contributed by atoms with Crippen LogP contribution < -0.4 is 0 Å². The first-order valence-electron chi connectivity index (χ1n) is 3.72. The Kier molecular flexibility index (Phi) is 5.39. The predicted molar refractivity (Wildman–Crippen MR) is 42.5 cm³/mol. The van der Waals surface area contributed by atoms with Gasteiger partial charge in [-0.05, 0) is 20.3 Å². The van der Waals surface area contributed by atoms with Crippen LogP contribution in [0.25, 0.3) is 0 Å². The van der Waals surface area contributed by atoms with Crippen molar-refractivity contribution < 1.29 is 21.8 Å². The van der Waals surface area contributed by atoms with E-state index < -0.39 is 10.4 Å². The van der Waals surface area contributed by atoms with E-state index in [1.165, 1.54) is 0 Å². The van der Waals surface area contributed by atoms with Gasteiger partial charge in [-0.3, -0.25) is 0 Å². The summed E-state index contributed by atoms with van der Waals surface area (Å²) in [5, 5.41) is 0. The quantitative estimate of drug-likeness (QED) is 0.471. The Morgan fingerprint density at radius 1 is 1.33 bits per heavy atom. The van der Waals surface area contributed by atoms with Crippen molar-refractivity contribution in [3.63, 3.8) is 0 Å². The lowest BCUT2D eigenvalue weighted by Crippen LogP contribution is -2.14. The molecule has 0 bridgehead atoms. The molecule has 0 spiro atoms. The molecule has 0 atom stereocenters. The van der Waals surface area contributed by atoms with E-state index in [0.29, 0.717) is 6.42 Å². The summed E-state index contributed by atoms with van der Waals surface area (Å²) in [7, 11) is -3.96. The predicted octanol–water partition coefficient (Wildman–Crippen LogP) is 1.01. The lowest BCUT2D eigenvalue weighted by Gasteiger charge is -2.05. The van der Waals surface area contributed by atoms with Crippen molar-refractivity contribution >= 4 is 10.4 Å². The Labute approximate surface area is 72.9 Å². The smallest absolute Gasteiger partial charge is 0.246 e. The lowest BCUT2D eigenvalue weighted by atomic mass is 10.5. The highest BCUT2D eigenvalue weighted by atomic mass is 32.3. The molecule has 0 aliphatic rings. The zero-order valence-electron chi connectivity index (χ0n) is 7.44. The van der Waals surface area contributed by atoms with Gasteiger partial charge in [-0.25, -0.2) is 9.07 Å². The highest BCUT2D eigenvalue weighted by molar-refractivity contribution is 7.81. The first kappa shape index (κ1) is 11.8. The number of hydrogen-bond acceptors (Lipinski definition) is 5. The minimum absolute atomic E-state index is 0.101. The number of rotatable bonds is 6. The maximum absolute atomic E-state index is 10.7. The Morgan fingerprint density at radius 2 is 1.92 bits per heavy atom. The van der Waals surface area contributed by atoms with Gasteiger partial charge in [-0.15, -0.1) is 0 Å². The molecule has 0 saturated heterocycles. The van der Waals surface area contributed by atoms with Crippen molar-refractivity contribution in [1.82, 2.24) is 0 Å². The van der Waals surface area contributed by atoms with Gasteiger partial charge >= 0.3 is 10.4 Å². The molecule has 0 fully saturated rings. The second-order valence-electron chi connectivity index (χ2n) is 2.44. The third-order valence-electron chi connectivity index (χ3n) is 0.747. The van der Waals surface area contributed by atoms with Crippen LogP contribution in [0.4, 0.5) is 0 Å². The molecule has 0 saturated carbocycles. The Balaban J connectivity index is 3.73. The molecular formula is C6H14O5S. The van der Waals surface area contributed by atoms with E-state index in [2.05, 4.69) is 13.4 Å². The lowest BCUT2D eigenvalue weighted by molar-refractivity contribution is -0.237. The topological polar surface area (TPSA) is 61.8 Å². The van der Waals surface area contributed by atoms with Crippen molar-refractivity contribution in [1.29, 1.82) is 0 Å². The highest BCUT2D eigenvalue weighted by Gasteiger charge is 2.13. The SMILES string of the molecule is CCCOS(=O)(=O)OOC(C)C. The maximum atomic E-state index is 10.7. The van der Waals surface area contributed by atoms with Crippen molar-refractivity contribution in [2.75, 3.05) is 6.61 Å². The first-order valence-corrected chi connectivity index (χ1v) is 5.05. The molecule has 0 aromatic heterocycles. The van der Waals surface area contributed by atoms with Crippen LogP contribution in [0.15, 0.2) is 0 Å². The van der Waals surface area contributed by atoms with Crippen LogP contribution >= 0.6 is 0 Å². The van der Waals surface area contributed by atoms with Gasteiger partial charge in [0.05, 0.1) is 12.7 Å². The molecule has 0 aromatic carbocycles. The fraction of sp³-hybridized carbons (Fsp3) is 1.00. The van der Waals surface area contributed by atoms with Gasteiger partial charge in [-0.2, -0.15) is 8.42 Å². The summed E-state index contributed by atoms with van der Waals surface area (Å²) in [6, 6.07) is 0. The summed E-state index contributed by atoms with van der Waals surface area (Å²) >= 11 is 0. The van der Waals surface area contributed by atoms with Crippen molar-refractivity contribution in [2.45, 2.75) is 33.3 Å². The average molecular weight is 198 g/mol. The number of hydrogen-bond donors (Lipinski definition) is 0. The van der Waals surface area contributed by atoms with Crippen molar-refractivity contribution in [3.8, 4) is 0 Å². The van der Waals surface area contributed by atoms with Crippen LogP contribution in [0, 0.1) is 0 Å². The third-order valence-corrected chi connectivity index (χ3v) is 1.45. The average Bonchev–Trinajstić information content (AvgIpc) is 1.98. The Bertz CT molecular complexity index is 196. The molecule has 0 rings (SSSR count). The minimum Gasteiger partial charge on any atom is -0.246 e. The molecule has 0 aliphatic heterocycles. The second kappa shape index (κ2) is 5.47. The Morgan fingerprint density at radius 3 is 2.33 bits per heavy atom. The fourth-order valence-corrected chi connectivity index (χ4v) is 0.995. The third kappa shape index (κ3) is 6.53. The molecule has 12 heavy (non-hydrogen) atoms. The van der Waals surface area contributed by atoms with Crippen molar-refractivity contribution in [3.05, 3.63) is 0 Å². The highest BCUT2D eigenvalue weighted by Crippen LogP contribution is 2.00. The zero-order valence-corrected chi connectivity index (χ0v) is 8.26. The van der Waals surface area contributed by atoms with E-state index in [1.807, 2.05) is 0 Å². The maximum Gasteiger partial charge on any atom is 0.426 e. The molecule has 74 valence electrons. The summed E-state index contributed by atoms with van der Waals surface area (Å²) in [6.07, 6.45) is 0.287. The van der Waals surface area contributed by atoms with Gasteiger partial charge in [0.15, 0.2) is 0 Å². The Hall–Kier alpha value is -0.170.